The number of hydrogen-bond acceptors (Lipinski definition) is 1. The molecule has 2 nitrogen and oxygen atoms in total. The van der Waals surface area contributed by atoms with E-state index >= 15 is 0 Å². The number of amides is 1. The van der Waals surface area contributed by atoms with Crippen molar-refractivity contribution >= 4 is 17.7 Å². The summed E-state index contributed by atoms with van der Waals surface area (Å²) in [5, 5.41) is 0. The molecule has 1 amide bonds. The summed E-state index contributed by atoms with van der Waals surface area (Å²) < 4.78 is 0. The molecule has 2 aromatic rings. The molecular weight excluding hydrogens is 246 g/mol. The van der Waals surface area contributed by atoms with Gasteiger partial charge in [0.25, 0.3) is 5.91 Å². The van der Waals surface area contributed by atoms with Crippen LogP contribution in [0.4, 0.5) is 5.69 Å². The predicted molar refractivity (Wildman–Crippen MR) is 84.6 cm³/mol. The zero-order valence-electron chi connectivity index (χ0n) is 11.9. The number of anilines is 1. The Morgan fingerprint density at radius 1 is 1.00 bits per heavy atom. The van der Waals surface area contributed by atoms with Gasteiger partial charge in [-0.15, -0.1) is 0 Å². The molecular formula is C18H19NO. The van der Waals surface area contributed by atoms with E-state index in [0.29, 0.717) is 6.42 Å². The smallest absolute Gasteiger partial charge is 0.253 e. The normalized spacial score (nSPS) is 11.2. The summed E-state index contributed by atoms with van der Waals surface area (Å²) in [6, 6.07) is 19.6. The number of likely N-dealkylation sites (N-methyl/N-ethyl adjacent to an activating group) is 1. The van der Waals surface area contributed by atoms with Crippen molar-refractivity contribution in [3.8, 4) is 0 Å². The van der Waals surface area contributed by atoms with Crippen molar-refractivity contribution < 1.29 is 4.79 Å². The zero-order chi connectivity index (χ0) is 14.4. The highest BCUT2D eigenvalue weighted by atomic mass is 16.2. The highest BCUT2D eigenvalue weighted by molar-refractivity contribution is 6.07. The number of benzene rings is 2. The number of carbonyl (C=O) groups is 1. The first-order valence-corrected chi connectivity index (χ1v) is 6.81. The fraction of sp³-hybridized carbons (Fsp3) is 0.167. The van der Waals surface area contributed by atoms with Crippen LogP contribution in [-0.4, -0.2) is 13.0 Å². The standard InChI is InChI=1S/C18H19NO/c1-3-16(14-15-10-6-4-7-11-15)18(20)19(2)17-12-8-5-9-13-17/h4-14H,3H2,1-2H3/b16-14+. The van der Waals surface area contributed by atoms with E-state index in [2.05, 4.69) is 0 Å². The molecule has 0 aliphatic rings. The van der Waals surface area contributed by atoms with Crippen LogP contribution in [0.2, 0.25) is 0 Å². The van der Waals surface area contributed by atoms with Crippen LogP contribution in [0.15, 0.2) is 66.2 Å². The van der Waals surface area contributed by atoms with Crippen LogP contribution in [0.1, 0.15) is 18.9 Å². The molecule has 0 saturated carbocycles. The van der Waals surface area contributed by atoms with Gasteiger partial charge in [-0.2, -0.15) is 0 Å². The first kappa shape index (κ1) is 14.1. The molecule has 0 aromatic heterocycles. The Balaban J connectivity index is 2.24. The summed E-state index contributed by atoms with van der Waals surface area (Å²) >= 11 is 0. The van der Waals surface area contributed by atoms with Crippen LogP contribution in [0, 0.1) is 0 Å². The number of para-hydroxylation sites is 1. The Kier molecular flexibility index (Phi) is 4.72. The summed E-state index contributed by atoms with van der Waals surface area (Å²) in [6.45, 7) is 2.01. The van der Waals surface area contributed by atoms with Crippen LogP contribution in [0.25, 0.3) is 6.08 Å². The van der Waals surface area contributed by atoms with Crippen LogP contribution in [-0.2, 0) is 4.79 Å². The fourth-order valence-corrected chi connectivity index (χ4v) is 2.05. The molecule has 102 valence electrons. The van der Waals surface area contributed by atoms with Gasteiger partial charge >= 0.3 is 0 Å². The van der Waals surface area contributed by atoms with Gasteiger partial charge in [0.15, 0.2) is 0 Å². The van der Waals surface area contributed by atoms with Crippen LogP contribution in [0.5, 0.6) is 0 Å². The molecule has 0 aliphatic carbocycles. The van der Waals surface area contributed by atoms with Crippen molar-refractivity contribution in [3.05, 3.63) is 71.8 Å². The molecule has 2 rings (SSSR count). The maximum atomic E-state index is 12.5. The minimum Gasteiger partial charge on any atom is -0.312 e. The average Bonchev–Trinajstić information content (AvgIpc) is 2.53. The van der Waals surface area contributed by atoms with E-state index in [4.69, 9.17) is 0 Å². The summed E-state index contributed by atoms with van der Waals surface area (Å²) in [6.07, 6.45) is 2.67. The highest BCUT2D eigenvalue weighted by Crippen LogP contribution is 2.17. The molecule has 0 atom stereocenters. The SMILES string of the molecule is CC/C(=C\c1ccccc1)C(=O)N(C)c1ccccc1. The molecule has 0 saturated heterocycles. The average molecular weight is 265 g/mol. The number of carbonyl (C=O) groups excluding carboxylic acids is 1. The largest absolute Gasteiger partial charge is 0.312 e. The van der Waals surface area contributed by atoms with Crippen LogP contribution < -0.4 is 4.90 Å². The lowest BCUT2D eigenvalue weighted by Gasteiger charge is -2.18. The van der Waals surface area contributed by atoms with Gasteiger partial charge in [0, 0.05) is 18.3 Å². The Morgan fingerprint density at radius 2 is 1.55 bits per heavy atom. The second-order valence-corrected chi connectivity index (χ2v) is 4.63. The highest BCUT2D eigenvalue weighted by Gasteiger charge is 2.14. The number of rotatable bonds is 4. The Morgan fingerprint density at radius 3 is 2.10 bits per heavy atom. The van der Waals surface area contributed by atoms with E-state index in [1.54, 1.807) is 4.90 Å². The third kappa shape index (κ3) is 3.35. The van der Waals surface area contributed by atoms with Gasteiger partial charge in [-0.25, -0.2) is 0 Å². The van der Waals surface area contributed by atoms with E-state index in [0.717, 1.165) is 16.8 Å². The lowest BCUT2D eigenvalue weighted by Crippen LogP contribution is -2.27. The van der Waals surface area contributed by atoms with Gasteiger partial charge < -0.3 is 4.90 Å². The molecule has 2 heteroatoms. The molecule has 0 heterocycles. The molecule has 0 fully saturated rings. The van der Waals surface area contributed by atoms with E-state index < -0.39 is 0 Å². The molecule has 0 unspecified atom stereocenters. The van der Waals surface area contributed by atoms with E-state index in [9.17, 15) is 4.79 Å². The molecule has 0 bridgehead atoms. The second kappa shape index (κ2) is 6.71. The van der Waals surface area contributed by atoms with Gasteiger partial charge in [-0.1, -0.05) is 55.5 Å². The lowest BCUT2D eigenvalue weighted by molar-refractivity contribution is -0.114. The van der Waals surface area contributed by atoms with Crippen molar-refractivity contribution in [2.24, 2.45) is 0 Å². The molecule has 0 aliphatic heterocycles. The summed E-state index contributed by atoms with van der Waals surface area (Å²) in [4.78, 5) is 14.2. The third-order valence-corrected chi connectivity index (χ3v) is 3.24. The van der Waals surface area contributed by atoms with Crippen molar-refractivity contribution in [1.82, 2.24) is 0 Å². The first-order valence-electron chi connectivity index (χ1n) is 6.81. The monoisotopic (exact) mass is 265 g/mol. The Hall–Kier alpha value is -2.35. The topological polar surface area (TPSA) is 20.3 Å². The minimum atomic E-state index is 0.0440. The second-order valence-electron chi connectivity index (χ2n) is 4.63. The van der Waals surface area contributed by atoms with E-state index in [1.165, 1.54) is 0 Å². The van der Waals surface area contributed by atoms with Crippen LogP contribution >= 0.6 is 0 Å². The van der Waals surface area contributed by atoms with Gasteiger partial charge in [0.2, 0.25) is 0 Å². The lowest BCUT2D eigenvalue weighted by atomic mass is 10.1. The van der Waals surface area contributed by atoms with E-state index in [1.807, 2.05) is 80.7 Å². The van der Waals surface area contributed by atoms with Gasteiger partial charge in [-0.05, 0) is 30.2 Å². The minimum absolute atomic E-state index is 0.0440. The maximum Gasteiger partial charge on any atom is 0.253 e. The number of hydrogen-bond donors (Lipinski definition) is 0. The summed E-state index contributed by atoms with van der Waals surface area (Å²) in [7, 11) is 1.81. The summed E-state index contributed by atoms with van der Waals surface area (Å²) in [5.74, 6) is 0.0440. The van der Waals surface area contributed by atoms with Crippen molar-refractivity contribution in [2.75, 3.05) is 11.9 Å². The molecule has 0 radical (unpaired) electrons. The molecule has 20 heavy (non-hydrogen) atoms. The molecule has 0 N–H and O–H groups in total. The zero-order valence-corrected chi connectivity index (χ0v) is 11.9. The first-order chi connectivity index (χ1) is 9.72. The van der Waals surface area contributed by atoms with Crippen molar-refractivity contribution in [3.63, 3.8) is 0 Å². The van der Waals surface area contributed by atoms with Gasteiger partial charge in [-0.3, -0.25) is 4.79 Å². The van der Waals surface area contributed by atoms with Crippen LogP contribution in [0.3, 0.4) is 0 Å². The van der Waals surface area contributed by atoms with Gasteiger partial charge in [0.1, 0.15) is 0 Å². The van der Waals surface area contributed by atoms with Gasteiger partial charge in [0.05, 0.1) is 0 Å². The maximum absolute atomic E-state index is 12.5. The Labute approximate surface area is 120 Å². The quantitative estimate of drug-likeness (QED) is 0.761. The third-order valence-electron chi connectivity index (χ3n) is 3.24. The van der Waals surface area contributed by atoms with E-state index in [-0.39, 0.29) is 5.91 Å². The van der Waals surface area contributed by atoms with Crippen molar-refractivity contribution in [2.45, 2.75) is 13.3 Å². The van der Waals surface area contributed by atoms with Crippen molar-refractivity contribution in [1.29, 1.82) is 0 Å². The summed E-state index contributed by atoms with van der Waals surface area (Å²) in [5.41, 5.74) is 2.77. The Bertz CT molecular complexity index is 587. The molecule has 0 spiro atoms. The molecule has 2 aromatic carbocycles. The predicted octanol–water partition coefficient (Wildman–Crippen LogP) is 4.14. The number of nitrogens with zero attached hydrogens (tertiary/aromatic N) is 1. The fourth-order valence-electron chi connectivity index (χ4n) is 2.05.